The van der Waals surface area contributed by atoms with Crippen molar-refractivity contribution < 1.29 is 22.9 Å². The van der Waals surface area contributed by atoms with Crippen molar-refractivity contribution in [3.05, 3.63) is 52.1 Å². The highest BCUT2D eigenvalue weighted by Crippen LogP contribution is 2.29. The molecular formula is C21H26N4O6S. The van der Waals surface area contributed by atoms with Gasteiger partial charge in [-0.3, -0.25) is 14.9 Å². The number of benzene rings is 2. The van der Waals surface area contributed by atoms with Gasteiger partial charge in [-0.05, 0) is 49.6 Å². The number of amides is 1. The average Bonchev–Trinajstić information content (AvgIpc) is 2.79. The summed E-state index contributed by atoms with van der Waals surface area (Å²) in [5.74, 6) is -0.211. The zero-order valence-electron chi connectivity index (χ0n) is 18.0. The van der Waals surface area contributed by atoms with Gasteiger partial charge in [0.25, 0.3) is 5.69 Å². The normalized spacial score (nSPS) is 14.6. The maximum Gasteiger partial charge on any atom is 0.296 e. The molecule has 0 unspecified atom stereocenters. The summed E-state index contributed by atoms with van der Waals surface area (Å²) in [6, 6.07) is 8.89. The van der Waals surface area contributed by atoms with Crippen molar-refractivity contribution in [3.63, 3.8) is 0 Å². The molecule has 0 atom stereocenters. The van der Waals surface area contributed by atoms with Gasteiger partial charge in [0.2, 0.25) is 15.9 Å². The molecule has 0 spiro atoms. The van der Waals surface area contributed by atoms with Gasteiger partial charge >= 0.3 is 0 Å². The second kappa shape index (κ2) is 9.96. The molecule has 1 heterocycles. The number of carbonyl (C=O) groups is 1. The molecule has 172 valence electrons. The number of rotatable bonds is 8. The molecule has 0 aliphatic carbocycles. The third kappa shape index (κ3) is 5.35. The van der Waals surface area contributed by atoms with Crippen LogP contribution in [0.4, 0.5) is 17.1 Å². The van der Waals surface area contributed by atoms with Gasteiger partial charge in [0.15, 0.2) is 0 Å². The summed E-state index contributed by atoms with van der Waals surface area (Å²) in [5.41, 5.74) is 1.03. The van der Waals surface area contributed by atoms with E-state index in [2.05, 4.69) is 10.6 Å². The zero-order valence-corrected chi connectivity index (χ0v) is 18.8. The van der Waals surface area contributed by atoms with Crippen LogP contribution >= 0.6 is 0 Å². The molecule has 0 aromatic heterocycles. The number of nitro groups is 1. The largest absolute Gasteiger partial charge is 0.496 e. The molecule has 0 bridgehead atoms. The molecule has 2 N–H and O–H groups in total. The molecule has 1 saturated heterocycles. The third-order valence-electron chi connectivity index (χ3n) is 5.28. The first kappa shape index (κ1) is 23.5. The maximum atomic E-state index is 12.9. The van der Waals surface area contributed by atoms with Crippen molar-refractivity contribution in [2.75, 3.05) is 37.4 Å². The second-order valence-electron chi connectivity index (χ2n) is 7.48. The lowest BCUT2D eigenvalue weighted by atomic mass is 10.2. The first-order valence-electron chi connectivity index (χ1n) is 10.2. The number of hydrogen-bond donors (Lipinski definition) is 2. The van der Waals surface area contributed by atoms with Crippen molar-refractivity contribution in [2.45, 2.75) is 31.1 Å². The van der Waals surface area contributed by atoms with Crippen LogP contribution in [0.15, 0.2) is 41.3 Å². The Morgan fingerprint density at radius 3 is 2.50 bits per heavy atom. The number of ether oxygens (including phenoxy) is 1. The standard InChI is InChI=1S/C21H26N4O6S/c1-15-6-8-17(32(29,30)24-10-4-3-5-11-24)13-19(15)22-14-21(26)23-18-9-7-16(31-2)12-20(18)25(27)28/h6-9,12-13,22H,3-5,10-11,14H2,1-2H3,(H,23,26). The summed E-state index contributed by atoms with van der Waals surface area (Å²) in [4.78, 5) is 23.2. The minimum atomic E-state index is -3.60. The Morgan fingerprint density at radius 1 is 1.12 bits per heavy atom. The molecule has 2 aromatic rings. The highest BCUT2D eigenvalue weighted by molar-refractivity contribution is 7.89. The molecule has 1 fully saturated rings. The summed E-state index contributed by atoms with van der Waals surface area (Å²) in [6.45, 7) is 2.60. The second-order valence-corrected chi connectivity index (χ2v) is 9.42. The van der Waals surface area contributed by atoms with E-state index >= 15 is 0 Å². The summed E-state index contributed by atoms with van der Waals surface area (Å²) in [6.07, 6.45) is 2.70. The zero-order chi connectivity index (χ0) is 23.3. The third-order valence-corrected chi connectivity index (χ3v) is 7.17. The minimum Gasteiger partial charge on any atom is -0.496 e. The lowest BCUT2D eigenvalue weighted by Gasteiger charge is -2.26. The summed E-state index contributed by atoms with van der Waals surface area (Å²) < 4.78 is 32.3. The van der Waals surface area contributed by atoms with Crippen LogP contribution in [0.2, 0.25) is 0 Å². The van der Waals surface area contributed by atoms with Crippen LogP contribution in [0.25, 0.3) is 0 Å². The number of methoxy groups -OCH3 is 1. The van der Waals surface area contributed by atoms with Crippen molar-refractivity contribution in [1.29, 1.82) is 0 Å². The highest BCUT2D eigenvalue weighted by Gasteiger charge is 2.26. The predicted octanol–water partition coefficient (Wildman–Crippen LogP) is 3.14. The van der Waals surface area contributed by atoms with Crippen LogP contribution < -0.4 is 15.4 Å². The Labute approximate surface area is 186 Å². The quantitative estimate of drug-likeness (QED) is 0.455. The number of aryl methyl sites for hydroxylation is 1. The van der Waals surface area contributed by atoms with Crippen molar-refractivity contribution >= 4 is 33.0 Å². The van der Waals surface area contributed by atoms with Gasteiger partial charge in [0, 0.05) is 18.8 Å². The van der Waals surface area contributed by atoms with Gasteiger partial charge in [-0.15, -0.1) is 0 Å². The number of nitro benzene ring substituents is 1. The van der Waals surface area contributed by atoms with Crippen molar-refractivity contribution in [2.24, 2.45) is 0 Å². The van der Waals surface area contributed by atoms with E-state index < -0.39 is 20.9 Å². The van der Waals surface area contributed by atoms with E-state index in [4.69, 9.17) is 4.74 Å². The van der Waals surface area contributed by atoms with Gasteiger partial charge in [-0.25, -0.2) is 8.42 Å². The Bertz CT molecular complexity index is 1110. The number of anilines is 2. The molecule has 0 saturated carbocycles. The van der Waals surface area contributed by atoms with Gasteiger partial charge in [0.1, 0.15) is 11.4 Å². The van der Waals surface area contributed by atoms with Gasteiger partial charge < -0.3 is 15.4 Å². The van der Waals surface area contributed by atoms with Gasteiger partial charge in [0.05, 0.1) is 29.5 Å². The van der Waals surface area contributed by atoms with Crippen molar-refractivity contribution in [3.8, 4) is 5.75 Å². The molecule has 1 amide bonds. The Balaban J connectivity index is 1.71. The Morgan fingerprint density at radius 2 is 1.84 bits per heavy atom. The van der Waals surface area contributed by atoms with Crippen LogP contribution in [0.1, 0.15) is 24.8 Å². The molecule has 0 radical (unpaired) electrons. The average molecular weight is 463 g/mol. The van der Waals surface area contributed by atoms with E-state index in [9.17, 15) is 23.3 Å². The van der Waals surface area contributed by atoms with E-state index in [0.29, 0.717) is 24.5 Å². The number of nitrogens with zero attached hydrogens (tertiary/aromatic N) is 2. The Hall–Kier alpha value is -3.18. The first-order chi connectivity index (χ1) is 15.2. The number of carbonyl (C=O) groups excluding carboxylic acids is 1. The summed E-state index contributed by atoms with van der Waals surface area (Å²) in [5, 5.41) is 16.7. The molecule has 10 nitrogen and oxygen atoms in total. The fourth-order valence-corrected chi connectivity index (χ4v) is 5.02. The lowest BCUT2D eigenvalue weighted by Crippen LogP contribution is -2.35. The van der Waals surface area contributed by atoms with Gasteiger partial charge in [-0.2, -0.15) is 4.31 Å². The van der Waals surface area contributed by atoms with Crippen LogP contribution in [0, 0.1) is 17.0 Å². The maximum absolute atomic E-state index is 12.9. The monoisotopic (exact) mass is 462 g/mol. The molecule has 3 rings (SSSR count). The van der Waals surface area contributed by atoms with E-state index in [-0.39, 0.29) is 22.8 Å². The fraction of sp³-hybridized carbons (Fsp3) is 0.381. The molecule has 11 heteroatoms. The SMILES string of the molecule is COc1ccc(NC(=O)CNc2cc(S(=O)(=O)N3CCCCC3)ccc2C)c([N+](=O)[O-])c1. The molecule has 1 aliphatic rings. The number of nitrogens with one attached hydrogen (secondary N) is 2. The van der Waals surface area contributed by atoms with Crippen LogP contribution in [-0.4, -0.2) is 50.3 Å². The van der Waals surface area contributed by atoms with Gasteiger partial charge in [-0.1, -0.05) is 12.5 Å². The molecular weight excluding hydrogens is 436 g/mol. The van der Waals surface area contributed by atoms with Crippen LogP contribution in [0.3, 0.4) is 0 Å². The first-order valence-corrected chi connectivity index (χ1v) is 11.6. The summed E-state index contributed by atoms with van der Waals surface area (Å²) in [7, 11) is -2.21. The number of hydrogen-bond acceptors (Lipinski definition) is 7. The van der Waals surface area contributed by atoms with Crippen LogP contribution in [0.5, 0.6) is 5.75 Å². The summed E-state index contributed by atoms with van der Waals surface area (Å²) >= 11 is 0. The van der Waals surface area contributed by atoms with Crippen LogP contribution in [-0.2, 0) is 14.8 Å². The van der Waals surface area contributed by atoms with Crippen molar-refractivity contribution in [1.82, 2.24) is 4.31 Å². The molecule has 1 aliphatic heterocycles. The highest BCUT2D eigenvalue weighted by atomic mass is 32.2. The smallest absolute Gasteiger partial charge is 0.296 e. The number of sulfonamides is 1. The topological polar surface area (TPSA) is 131 Å². The minimum absolute atomic E-state index is 0.0424. The van der Waals surface area contributed by atoms with E-state index in [0.717, 1.165) is 24.8 Å². The lowest BCUT2D eigenvalue weighted by molar-refractivity contribution is -0.384. The number of piperidine rings is 1. The van der Waals surface area contributed by atoms with E-state index in [1.54, 1.807) is 19.1 Å². The van der Waals surface area contributed by atoms with E-state index in [1.165, 1.54) is 35.7 Å². The molecule has 2 aromatic carbocycles. The Kier molecular flexibility index (Phi) is 7.31. The fourth-order valence-electron chi connectivity index (χ4n) is 3.47. The molecule has 32 heavy (non-hydrogen) atoms. The van der Waals surface area contributed by atoms with E-state index in [1.807, 2.05) is 0 Å². The predicted molar refractivity (Wildman–Crippen MR) is 121 cm³/mol.